The second-order valence-electron chi connectivity index (χ2n) is 8.75. The number of ketones is 1. The SMILES string of the molecule is CC1=CC(C)C(c2ccc(F)c(F)c2)C=C1C1C(=O)NC2(CCC(F)(F)CC2)C1=O. The third-order valence-corrected chi connectivity index (χ3v) is 6.73. The number of nitrogens with one attached hydrogen (secondary N) is 1. The van der Waals surface area contributed by atoms with E-state index >= 15 is 0 Å². The molecule has 1 N–H and O–H groups in total. The van der Waals surface area contributed by atoms with Crippen LogP contribution >= 0.6 is 0 Å². The Labute approximate surface area is 172 Å². The first-order valence-electron chi connectivity index (χ1n) is 10.1. The molecule has 0 aromatic heterocycles. The van der Waals surface area contributed by atoms with Gasteiger partial charge in [-0.05, 0) is 49.0 Å². The number of amides is 1. The Kier molecular flexibility index (Phi) is 4.90. The van der Waals surface area contributed by atoms with Gasteiger partial charge in [0.25, 0.3) is 0 Å². The van der Waals surface area contributed by atoms with Crippen LogP contribution in [0.4, 0.5) is 17.6 Å². The largest absolute Gasteiger partial charge is 0.343 e. The summed E-state index contributed by atoms with van der Waals surface area (Å²) >= 11 is 0. The van der Waals surface area contributed by atoms with Crippen molar-refractivity contribution in [3.05, 3.63) is 58.7 Å². The number of halogens is 4. The minimum Gasteiger partial charge on any atom is -0.343 e. The number of alkyl halides is 2. The van der Waals surface area contributed by atoms with Crippen molar-refractivity contribution in [3.8, 4) is 0 Å². The van der Waals surface area contributed by atoms with E-state index in [1.807, 2.05) is 13.0 Å². The van der Waals surface area contributed by atoms with Gasteiger partial charge in [-0.3, -0.25) is 9.59 Å². The van der Waals surface area contributed by atoms with E-state index in [4.69, 9.17) is 0 Å². The molecule has 30 heavy (non-hydrogen) atoms. The standard InChI is InChI=1S/C23H23F4NO2/c1-12-9-13(2)16(11-15(12)14-3-4-17(24)18(25)10-14)19-20(29)22(28-21(19)30)5-7-23(26,27)8-6-22/h3-4,9-12,15,19H,5-8H2,1-2H3,(H,28,30). The zero-order valence-electron chi connectivity index (χ0n) is 16.8. The van der Waals surface area contributed by atoms with Crippen molar-refractivity contribution >= 4 is 11.7 Å². The predicted molar refractivity (Wildman–Crippen MR) is 103 cm³/mol. The van der Waals surface area contributed by atoms with Crippen molar-refractivity contribution in [2.24, 2.45) is 11.8 Å². The fourth-order valence-electron chi connectivity index (χ4n) is 4.98. The van der Waals surface area contributed by atoms with Crippen LogP contribution in [0.15, 0.2) is 41.5 Å². The number of carbonyl (C=O) groups excluding carboxylic acids is 2. The van der Waals surface area contributed by atoms with Gasteiger partial charge >= 0.3 is 0 Å². The van der Waals surface area contributed by atoms with E-state index < -0.39 is 47.8 Å². The Hall–Kier alpha value is -2.44. The number of hydrogen-bond donors (Lipinski definition) is 1. The molecular formula is C23H23F4NO2. The third-order valence-electron chi connectivity index (χ3n) is 6.73. The van der Waals surface area contributed by atoms with Crippen LogP contribution in [0, 0.1) is 23.5 Å². The topological polar surface area (TPSA) is 46.2 Å². The van der Waals surface area contributed by atoms with Gasteiger partial charge in [-0.25, -0.2) is 17.6 Å². The zero-order chi connectivity index (χ0) is 21.8. The van der Waals surface area contributed by atoms with Crippen molar-refractivity contribution in [1.29, 1.82) is 0 Å². The van der Waals surface area contributed by atoms with Crippen molar-refractivity contribution < 1.29 is 27.2 Å². The molecule has 1 aliphatic heterocycles. The molecule has 1 aromatic carbocycles. The average Bonchev–Trinajstić information content (AvgIpc) is 2.91. The molecule has 1 spiro atoms. The van der Waals surface area contributed by atoms with E-state index in [0.717, 1.165) is 17.7 Å². The van der Waals surface area contributed by atoms with Gasteiger partial charge < -0.3 is 5.32 Å². The summed E-state index contributed by atoms with van der Waals surface area (Å²) in [5, 5.41) is 2.71. The number of carbonyl (C=O) groups is 2. The summed E-state index contributed by atoms with van der Waals surface area (Å²) in [4.78, 5) is 26.1. The maximum atomic E-state index is 13.8. The lowest BCUT2D eigenvalue weighted by molar-refractivity contribution is -0.129. The normalized spacial score (nSPS) is 30.1. The summed E-state index contributed by atoms with van der Waals surface area (Å²) in [5.41, 5.74) is 0.568. The molecule has 4 rings (SSSR count). The lowest BCUT2D eigenvalue weighted by Gasteiger charge is -2.35. The highest BCUT2D eigenvalue weighted by Crippen LogP contribution is 2.46. The van der Waals surface area contributed by atoms with Crippen LogP contribution in [0.1, 0.15) is 51.0 Å². The zero-order valence-corrected chi connectivity index (χ0v) is 16.8. The van der Waals surface area contributed by atoms with Crippen LogP contribution in [0.2, 0.25) is 0 Å². The quantitative estimate of drug-likeness (QED) is 0.549. The van der Waals surface area contributed by atoms with Crippen LogP contribution in [0.5, 0.6) is 0 Å². The summed E-state index contributed by atoms with van der Waals surface area (Å²) < 4.78 is 54.4. The molecule has 2 aliphatic carbocycles. The van der Waals surface area contributed by atoms with E-state index in [2.05, 4.69) is 5.32 Å². The molecule has 7 heteroatoms. The molecule has 3 unspecified atom stereocenters. The molecular weight excluding hydrogens is 398 g/mol. The molecule has 3 atom stereocenters. The molecule has 2 fully saturated rings. The minimum absolute atomic E-state index is 0.0551. The first kappa shape index (κ1) is 20.8. The second-order valence-corrected chi connectivity index (χ2v) is 8.75. The van der Waals surface area contributed by atoms with Gasteiger partial charge in [0.05, 0.1) is 0 Å². The Morgan fingerprint density at radius 2 is 1.67 bits per heavy atom. The van der Waals surface area contributed by atoms with E-state index in [1.165, 1.54) is 6.07 Å². The monoisotopic (exact) mass is 421 g/mol. The maximum Gasteiger partial charge on any atom is 0.248 e. The predicted octanol–water partition coefficient (Wildman–Crippen LogP) is 4.83. The molecule has 1 saturated carbocycles. The molecule has 0 bridgehead atoms. The second kappa shape index (κ2) is 7.06. The van der Waals surface area contributed by atoms with Crippen LogP contribution in [-0.2, 0) is 9.59 Å². The number of hydrogen-bond acceptors (Lipinski definition) is 2. The van der Waals surface area contributed by atoms with Crippen molar-refractivity contribution in [1.82, 2.24) is 5.32 Å². The van der Waals surface area contributed by atoms with E-state index in [0.29, 0.717) is 11.1 Å². The Balaban J connectivity index is 1.68. The van der Waals surface area contributed by atoms with Gasteiger partial charge in [0.15, 0.2) is 17.4 Å². The lowest BCUT2D eigenvalue weighted by Crippen LogP contribution is -2.51. The van der Waals surface area contributed by atoms with Crippen molar-refractivity contribution in [2.45, 2.75) is 56.9 Å². The molecule has 1 saturated heterocycles. The van der Waals surface area contributed by atoms with Crippen LogP contribution in [-0.4, -0.2) is 23.2 Å². The molecule has 1 aromatic rings. The minimum atomic E-state index is -2.82. The summed E-state index contributed by atoms with van der Waals surface area (Å²) in [6.45, 7) is 3.72. The molecule has 1 amide bonds. The summed E-state index contributed by atoms with van der Waals surface area (Å²) in [7, 11) is 0. The van der Waals surface area contributed by atoms with Gasteiger partial charge in [-0.2, -0.15) is 0 Å². The maximum absolute atomic E-state index is 13.8. The first-order chi connectivity index (χ1) is 14.0. The third kappa shape index (κ3) is 3.38. The van der Waals surface area contributed by atoms with Gasteiger partial charge in [-0.1, -0.05) is 30.7 Å². The van der Waals surface area contributed by atoms with E-state index in [9.17, 15) is 27.2 Å². The molecule has 160 valence electrons. The van der Waals surface area contributed by atoms with Gasteiger partial charge in [-0.15, -0.1) is 0 Å². The van der Waals surface area contributed by atoms with E-state index in [1.54, 1.807) is 13.0 Å². The Morgan fingerprint density at radius 1 is 1.00 bits per heavy atom. The number of allylic oxidation sites excluding steroid dienone is 3. The first-order valence-corrected chi connectivity index (χ1v) is 10.1. The van der Waals surface area contributed by atoms with E-state index in [-0.39, 0.29) is 30.5 Å². The lowest BCUT2D eigenvalue weighted by atomic mass is 9.72. The fraction of sp³-hybridized carbons (Fsp3) is 0.478. The molecule has 1 heterocycles. The van der Waals surface area contributed by atoms with Gasteiger partial charge in [0.1, 0.15) is 11.5 Å². The van der Waals surface area contributed by atoms with Gasteiger partial charge in [0.2, 0.25) is 11.8 Å². The number of Topliss-reactive ketones (excluding diaryl/α,β-unsaturated/α-hetero) is 1. The highest BCUT2D eigenvalue weighted by Gasteiger charge is 2.57. The van der Waals surface area contributed by atoms with Crippen LogP contribution in [0.3, 0.4) is 0 Å². The summed E-state index contributed by atoms with van der Waals surface area (Å²) in [5.74, 6) is -7.05. The van der Waals surface area contributed by atoms with Crippen molar-refractivity contribution in [2.75, 3.05) is 0 Å². The summed E-state index contributed by atoms with van der Waals surface area (Å²) in [6, 6.07) is 3.67. The van der Waals surface area contributed by atoms with Crippen molar-refractivity contribution in [3.63, 3.8) is 0 Å². The fourth-order valence-corrected chi connectivity index (χ4v) is 4.98. The highest BCUT2D eigenvalue weighted by molar-refractivity contribution is 6.15. The summed E-state index contributed by atoms with van der Waals surface area (Å²) in [6.07, 6.45) is 2.63. The van der Waals surface area contributed by atoms with Gasteiger partial charge in [0, 0.05) is 18.8 Å². The number of rotatable bonds is 2. The van der Waals surface area contributed by atoms with Crippen LogP contribution < -0.4 is 5.32 Å². The highest BCUT2D eigenvalue weighted by atomic mass is 19.3. The smallest absolute Gasteiger partial charge is 0.248 e. The molecule has 0 radical (unpaired) electrons. The molecule has 3 nitrogen and oxygen atoms in total. The Morgan fingerprint density at radius 3 is 2.30 bits per heavy atom. The van der Waals surface area contributed by atoms with Crippen LogP contribution in [0.25, 0.3) is 0 Å². The average molecular weight is 421 g/mol. The molecule has 3 aliphatic rings. The Bertz CT molecular complexity index is 971. The number of benzene rings is 1.